The predicted molar refractivity (Wildman–Crippen MR) is 107 cm³/mol. The molecule has 2 aromatic carbocycles. The summed E-state index contributed by atoms with van der Waals surface area (Å²) in [6.07, 6.45) is 3.22. The van der Waals surface area contributed by atoms with Gasteiger partial charge in [-0.2, -0.15) is 0 Å². The zero-order valence-corrected chi connectivity index (χ0v) is 15.4. The van der Waals surface area contributed by atoms with Crippen molar-refractivity contribution in [2.75, 3.05) is 10.6 Å². The molecule has 1 amide bonds. The van der Waals surface area contributed by atoms with E-state index in [1.807, 2.05) is 36.4 Å². The van der Waals surface area contributed by atoms with Crippen molar-refractivity contribution in [3.8, 4) is 0 Å². The number of aromatic nitrogens is 1. The van der Waals surface area contributed by atoms with Crippen LogP contribution in [0.2, 0.25) is 5.02 Å². The molecule has 1 aromatic heterocycles. The number of nitrogens with zero attached hydrogens (tertiary/aromatic N) is 1. The van der Waals surface area contributed by atoms with Crippen LogP contribution in [-0.4, -0.2) is 10.9 Å². The molecule has 0 saturated heterocycles. The van der Waals surface area contributed by atoms with Crippen molar-refractivity contribution in [2.45, 2.75) is 19.8 Å². The van der Waals surface area contributed by atoms with Gasteiger partial charge in [0.1, 0.15) is 0 Å². The van der Waals surface area contributed by atoms with Gasteiger partial charge < -0.3 is 10.6 Å². The molecule has 4 nitrogen and oxygen atoms in total. The number of pyridine rings is 1. The Morgan fingerprint density at radius 1 is 0.923 bits per heavy atom. The van der Waals surface area contributed by atoms with Crippen LogP contribution in [0.25, 0.3) is 0 Å². The largest absolute Gasteiger partial charge is 0.354 e. The molecule has 0 saturated carbocycles. The lowest BCUT2D eigenvalue weighted by Crippen LogP contribution is -2.12. The zero-order valence-electron chi connectivity index (χ0n) is 14.7. The first-order valence-electron chi connectivity index (χ1n) is 8.40. The Kier molecular flexibility index (Phi) is 5.54. The second-order valence-electron chi connectivity index (χ2n) is 6.33. The normalized spacial score (nSPS) is 10.6. The predicted octanol–water partition coefficient (Wildman–Crippen LogP) is 5.85. The number of hydrogen-bond acceptors (Lipinski definition) is 3. The van der Waals surface area contributed by atoms with Gasteiger partial charge in [0.15, 0.2) is 0 Å². The smallest absolute Gasteiger partial charge is 0.257 e. The third kappa shape index (κ3) is 4.61. The van der Waals surface area contributed by atoms with Gasteiger partial charge >= 0.3 is 0 Å². The molecule has 0 aliphatic rings. The van der Waals surface area contributed by atoms with Crippen molar-refractivity contribution in [1.29, 1.82) is 0 Å². The summed E-state index contributed by atoms with van der Waals surface area (Å²) in [5.41, 5.74) is 4.08. The maximum absolute atomic E-state index is 12.5. The SMILES string of the molecule is CC(C)c1ccc(NC(=O)c2cncc(Nc3ccc(Cl)cc3)c2)cc1. The van der Waals surface area contributed by atoms with Gasteiger partial charge in [-0.1, -0.05) is 37.6 Å². The number of amides is 1. The Bertz CT molecular complexity index is 890. The molecule has 0 atom stereocenters. The van der Waals surface area contributed by atoms with E-state index in [-0.39, 0.29) is 5.91 Å². The Balaban J connectivity index is 1.70. The van der Waals surface area contributed by atoms with Gasteiger partial charge in [-0.3, -0.25) is 9.78 Å². The topological polar surface area (TPSA) is 54.0 Å². The average molecular weight is 366 g/mol. The third-order valence-electron chi connectivity index (χ3n) is 3.97. The van der Waals surface area contributed by atoms with Crippen LogP contribution in [0.3, 0.4) is 0 Å². The summed E-state index contributed by atoms with van der Waals surface area (Å²) in [5, 5.41) is 6.78. The van der Waals surface area contributed by atoms with E-state index in [1.54, 1.807) is 30.6 Å². The summed E-state index contributed by atoms with van der Waals surface area (Å²) in [6.45, 7) is 4.27. The van der Waals surface area contributed by atoms with Gasteiger partial charge in [0.2, 0.25) is 0 Å². The van der Waals surface area contributed by atoms with Crippen LogP contribution < -0.4 is 10.6 Å². The maximum atomic E-state index is 12.5. The molecule has 0 bridgehead atoms. The summed E-state index contributed by atoms with van der Waals surface area (Å²) in [6, 6.07) is 17.0. The number of halogens is 1. The fourth-order valence-corrected chi connectivity index (χ4v) is 2.61. The van der Waals surface area contributed by atoms with Crippen molar-refractivity contribution in [3.63, 3.8) is 0 Å². The molecule has 0 spiro atoms. The first kappa shape index (κ1) is 18.0. The molecule has 132 valence electrons. The van der Waals surface area contributed by atoms with Gasteiger partial charge in [-0.05, 0) is 53.9 Å². The molecule has 0 unspecified atom stereocenters. The average Bonchev–Trinajstić information content (AvgIpc) is 2.64. The van der Waals surface area contributed by atoms with Gasteiger partial charge in [-0.15, -0.1) is 0 Å². The molecule has 2 N–H and O–H groups in total. The fourth-order valence-electron chi connectivity index (χ4n) is 2.49. The summed E-state index contributed by atoms with van der Waals surface area (Å²) >= 11 is 5.89. The Labute approximate surface area is 158 Å². The number of nitrogens with one attached hydrogen (secondary N) is 2. The molecule has 3 aromatic rings. The minimum Gasteiger partial charge on any atom is -0.354 e. The Morgan fingerprint density at radius 2 is 1.58 bits per heavy atom. The van der Waals surface area contributed by atoms with Crippen LogP contribution >= 0.6 is 11.6 Å². The fraction of sp³-hybridized carbons (Fsp3) is 0.143. The number of benzene rings is 2. The number of anilines is 3. The summed E-state index contributed by atoms with van der Waals surface area (Å²) in [7, 11) is 0. The molecule has 26 heavy (non-hydrogen) atoms. The molecule has 5 heteroatoms. The molecular weight excluding hydrogens is 346 g/mol. The first-order chi connectivity index (χ1) is 12.5. The third-order valence-corrected chi connectivity index (χ3v) is 4.22. The lowest BCUT2D eigenvalue weighted by molar-refractivity contribution is 0.102. The molecule has 0 radical (unpaired) electrons. The van der Waals surface area contributed by atoms with E-state index in [0.717, 1.165) is 17.1 Å². The quantitative estimate of drug-likeness (QED) is 0.595. The van der Waals surface area contributed by atoms with Gasteiger partial charge in [0.05, 0.1) is 17.4 Å². The highest BCUT2D eigenvalue weighted by Gasteiger charge is 2.08. The molecule has 0 fully saturated rings. The van der Waals surface area contributed by atoms with E-state index in [2.05, 4.69) is 29.5 Å². The molecule has 3 rings (SSSR count). The van der Waals surface area contributed by atoms with Crippen molar-refractivity contribution in [2.24, 2.45) is 0 Å². The second-order valence-corrected chi connectivity index (χ2v) is 6.76. The summed E-state index contributed by atoms with van der Waals surface area (Å²) in [5.74, 6) is 0.258. The Morgan fingerprint density at radius 3 is 2.23 bits per heavy atom. The zero-order chi connectivity index (χ0) is 18.5. The summed E-state index contributed by atoms with van der Waals surface area (Å²) < 4.78 is 0. The van der Waals surface area contributed by atoms with E-state index >= 15 is 0 Å². The maximum Gasteiger partial charge on any atom is 0.257 e. The molecular formula is C21H20ClN3O. The highest BCUT2D eigenvalue weighted by molar-refractivity contribution is 6.30. The highest BCUT2D eigenvalue weighted by atomic mass is 35.5. The number of hydrogen-bond donors (Lipinski definition) is 2. The Hall–Kier alpha value is -2.85. The lowest BCUT2D eigenvalue weighted by atomic mass is 10.0. The van der Waals surface area contributed by atoms with Crippen molar-refractivity contribution in [1.82, 2.24) is 4.98 Å². The van der Waals surface area contributed by atoms with E-state index in [4.69, 9.17) is 11.6 Å². The van der Waals surface area contributed by atoms with E-state index in [0.29, 0.717) is 16.5 Å². The highest BCUT2D eigenvalue weighted by Crippen LogP contribution is 2.20. The van der Waals surface area contributed by atoms with Gasteiger partial charge in [0, 0.05) is 22.6 Å². The number of rotatable bonds is 5. The van der Waals surface area contributed by atoms with E-state index in [1.165, 1.54) is 5.56 Å². The van der Waals surface area contributed by atoms with Crippen molar-refractivity contribution < 1.29 is 4.79 Å². The van der Waals surface area contributed by atoms with Crippen LogP contribution in [0.4, 0.5) is 17.1 Å². The monoisotopic (exact) mass is 365 g/mol. The minimum atomic E-state index is -0.199. The number of carbonyl (C=O) groups excluding carboxylic acids is 1. The van der Waals surface area contributed by atoms with E-state index in [9.17, 15) is 4.79 Å². The minimum absolute atomic E-state index is 0.199. The van der Waals surface area contributed by atoms with Crippen LogP contribution in [0, 0.1) is 0 Å². The van der Waals surface area contributed by atoms with E-state index < -0.39 is 0 Å². The first-order valence-corrected chi connectivity index (χ1v) is 8.78. The van der Waals surface area contributed by atoms with Crippen LogP contribution in [-0.2, 0) is 0 Å². The van der Waals surface area contributed by atoms with Crippen molar-refractivity contribution in [3.05, 3.63) is 83.1 Å². The van der Waals surface area contributed by atoms with Crippen LogP contribution in [0.5, 0.6) is 0 Å². The second kappa shape index (κ2) is 8.02. The molecule has 0 aliphatic heterocycles. The summed E-state index contributed by atoms with van der Waals surface area (Å²) in [4.78, 5) is 16.6. The lowest BCUT2D eigenvalue weighted by Gasteiger charge is -2.10. The van der Waals surface area contributed by atoms with Crippen molar-refractivity contribution >= 4 is 34.6 Å². The van der Waals surface area contributed by atoms with Gasteiger partial charge in [-0.25, -0.2) is 0 Å². The molecule has 1 heterocycles. The van der Waals surface area contributed by atoms with Gasteiger partial charge in [0.25, 0.3) is 5.91 Å². The standard InChI is InChI=1S/C21H20ClN3O/c1-14(2)15-3-7-19(8-4-15)25-21(26)16-11-20(13-23-12-16)24-18-9-5-17(22)6-10-18/h3-14,24H,1-2H3,(H,25,26). The van der Waals surface area contributed by atoms with Crippen LogP contribution in [0.15, 0.2) is 67.0 Å². The molecule has 0 aliphatic carbocycles. The van der Waals surface area contributed by atoms with Crippen LogP contribution in [0.1, 0.15) is 35.7 Å². The number of carbonyl (C=O) groups is 1.